The number of halogens is 1. The summed E-state index contributed by atoms with van der Waals surface area (Å²) in [6.07, 6.45) is 1.63. The van der Waals surface area contributed by atoms with E-state index < -0.39 is 17.7 Å². The van der Waals surface area contributed by atoms with Crippen LogP contribution in [-0.2, 0) is 4.79 Å². The number of benzene rings is 1. The highest BCUT2D eigenvalue weighted by molar-refractivity contribution is 5.94. The summed E-state index contributed by atoms with van der Waals surface area (Å²) >= 11 is 0. The van der Waals surface area contributed by atoms with Gasteiger partial charge in [0.25, 0.3) is 0 Å². The zero-order valence-electron chi connectivity index (χ0n) is 10.6. The largest absolute Gasteiger partial charge is 0.478 e. The Bertz CT molecular complexity index is 477. The average Bonchev–Trinajstić information content (AvgIpc) is 2.31. The lowest BCUT2D eigenvalue weighted by molar-refractivity contribution is -0.116. The molecule has 5 nitrogen and oxygen atoms in total. The number of anilines is 1. The van der Waals surface area contributed by atoms with Gasteiger partial charge in [0.2, 0.25) is 5.91 Å². The Balaban J connectivity index is 2.73. The topological polar surface area (TPSA) is 92.4 Å². The van der Waals surface area contributed by atoms with Crippen molar-refractivity contribution in [1.29, 1.82) is 0 Å². The fraction of sp³-hybridized carbons (Fsp3) is 0.385. The van der Waals surface area contributed by atoms with Crippen molar-refractivity contribution in [3.05, 3.63) is 29.6 Å². The van der Waals surface area contributed by atoms with Crippen LogP contribution in [0.3, 0.4) is 0 Å². The Morgan fingerprint density at radius 1 is 1.47 bits per heavy atom. The van der Waals surface area contributed by atoms with Crippen LogP contribution >= 0.6 is 0 Å². The van der Waals surface area contributed by atoms with Gasteiger partial charge in [0.05, 0.1) is 11.3 Å². The Hall–Kier alpha value is -1.95. The summed E-state index contributed by atoms with van der Waals surface area (Å²) in [6.45, 7) is 1.95. The molecule has 0 aromatic heterocycles. The van der Waals surface area contributed by atoms with Gasteiger partial charge in [-0.3, -0.25) is 4.79 Å². The summed E-state index contributed by atoms with van der Waals surface area (Å²) in [5.41, 5.74) is 5.47. The number of carbonyl (C=O) groups is 2. The van der Waals surface area contributed by atoms with Gasteiger partial charge in [-0.2, -0.15) is 0 Å². The van der Waals surface area contributed by atoms with E-state index in [1.54, 1.807) is 0 Å². The quantitative estimate of drug-likeness (QED) is 0.735. The number of nitrogens with two attached hydrogens (primary N) is 1. The van der Waals surface area contributed by atoms with E-state index in [4.69, 9.17) is 10.8 Å². The predicted octanol–water partition coefficient (Wildman–Crippen LogP) is 1.98. The second kappa shape index (κ2) is 6.84. The van der Waals surface area contributed by atoms with Crippen LogP contribution in [0.1, 0.15) is 36.5 Å². The number of carboxylic acids is 1. The highest BCUT2D eigenvalue weighted by Gasteiger charge is 2.13. The highest BCUT2D eigenvalue weighted by Crippen LogP contribution is 2.17. The fourth-order valence-electron chi connectivity index (χ4n) is 1.67. The number of hydrogen-bond acceptors (Lipinski definition) is 3. The van der Waals surface area contributed by atoms with E-state index in [1.807, 2.05) is 6.92 Å². The molecule has 0 saturated heterocycles. The van der Waals surface area contributed by atoms with Crippen LogP contribution in [0.25, 0.3) is 0 Å². The summed E-state index contributed by atoms with van der Waals surface area (Å²) in [4.78, 5) is 22.4. The van der Waals surface area contributed by atoms with Crippen LogP contribution in [0.5, 0.6) is 0 Å². The molecular formula is C13H17FN2O3. The first-order valence-electron chi connectivity index (χ1n) is 6.02. The lowest BCUT2D eigenvalue weighted by atomic mass is 10.1. The molecule has 0 aliphatic rings. The first-order valence-corrected chi connectivity index (χ1v) is 6.02. The standard InChI is InChI=1S/C13H17FN2O3/c1-2-3-9(15)7-12(17)16-11-6-8(13(18)19)4-5-10(11)14/h4-6,9H,2-3,7,15H2,1H3,(H,16,17)(H,18,19). The maximum atomic E-state index is 13.4. The molecule has 0 fully saturated rings. The molecule has 1 unspecified atom stereocenters. The third kappa shape index (κ3) is 4.67. The molecule has 19 heavy (non-hydrogen) atoms. The van der Waals surface area contributed by atoms with Gasteiger partial charge in [0.1, 0.15) is 5.82 Å². The number of carboxylic acid groups (broad SMARTS) is 1. The summed E-state index contributed by atoms with van der Waals surface area (Å²) in [6, 6.07) is 2.94. The average molecular weight is 268 g/mol. The fourth-order valence-corrected chi connectivity index (χ4v) is 1.67. The van der Waals surface area contributed by atoms with Gasteiger partial charge in [0, 0.05) is 12.5 Å². The first-order chi connectivity index (χ1) is 8.93. The second-order valence-electron chi connectivity index (χ2n) is 4.30. The minimum absolute atomic E-state index is 0.0740. The van der Waals surface area contributed by atoms with Crippen molar-refractivity contribution in [3.63, 3.8) is 0 Å². The molecular weight excluding hydrogens is 251 g/mol. The number of amides is 1. The predicted molar refractivity (Wildman–Crippen MR) is 69.5 cm³/mol. The molecule has 0 aliphatic carbocycles. The van der Waals surface area contributed by atoms with Gasteiger partial charge >= 0.3 is 5.97 Å². The molecule has 0 bridgehead atoms. The lowest BCUT2D eigenvalue weighted by Crippen LogP contribution is -2.27. The summed E-state index contributed by atoms with van der Waals surface area (Å²) < 4.78 is 13.4. The molecule has 1 amide bonds. The van der Waals surface area contributed by atoms with Crippen LogP contribution in [-0.4, -0.2) is 23.0 Å². The van der Waals surface area contributed by atoms with Gasteiger partial charge in [-0.25, -0.2) is 9.18 Å². The van der Waals surface area contributed by atoms with Crippen molar-refractivity contribution in [2.24, 2.45) is 5.73 Å². The third-order valence-corrected chi connectivity index (χ3v) is 2.59. The van der Waals surface area contributed by atoms with Crippen LogP contribution in [0.15, 0.2) is 18.2 Å². The van der Waals surface area contributed by atoms with Crippen molar-refractivity contribution in [2.45, 2.75) is 32.2 Å². The maximum Gasteiger partial charge on any atom is 0.335 e. The van der Waals surface area contributed by atoms with Crippen molar-refractivity contribution in [1.82, 2.24) is 0 Å². The Kier molecular flexibility index (Phi) is 5.44. The van der Waals surface area contributed by atoms with Crippen molar-refractivity contribution < 1.29 is 19.1 Å². The minimum Gasteiger partial charge on any atom is -0.478 e. The molecule has 0 spiro atoms. The SMILES string of the molecule is CCCC(N)CC(=O)Nc1cc(C(=O)O)ccc1F. The Labute approximate surface area is 110 Å². The summed E-state index contributed by atoms with van der Waals surface area (Å²) in [5, 5.41) is 11.1. The maximum absolute atomic E-state index is 13.4. The van der Waals surface area contributed by atoms with Crippen molar-refractivity contribution >= 4 is 17.6 Å². The van der Waals surface area contributed by atoms with Gasteiger partial charge < -0.3 is 16.2 Å². The minimum atomic E-state index is -1.18. The molecule has 1 aromatic rings. The van der Waals surface area contributed by atoms with Crippen molar-refractivity contribution in [3.8, 4) is 0 Å². The van der Waals surface area contributed by atoms with Crippen LogP contribution in [0, 0.1) is 5.82 Å². The third-order valence-electron chi connectivity index (χ3n) is 2.59. The molecule has 104 valence electrons. The normalized spacial score (nSPS) is 11.9. The number of aromatic carboxylic acids is 1. The van der Waals surface area contributed by atoms with E-state index >= 15 is 0 Å². The van der Waals surface area contributed by atoms with E-state index in [-0.39, 0.29) is 23.7 Å². The molecule has 0 aliphatic heterocycles. The van der Waals surface area contributed by atoms with Crippen molar-refractivity contribution in [2.75, 3.05) is 5.32 Å². The second-order valence-corrected chi connectivity index (χ2v) is 4.30. The Morgan fingerprint density at radius 2 is 2.16 bits per heavy atom. The highest BCUT2D eigenvalue weighted by atomic mass is 19.1. The van der Waals surface area contributed by atoms with E-state index in [9.17, 15) is 14.0 Å². The lowest BCUT2D eigenvalue weighted by Gasteiger charge is -2.11. The number of hydrogen-bond donors (Lipinski definition) is 3. The molecule has 4 N–H and O–H groups in total. The zero-order valence-corrected chi connectivity index (χ0v) is 10.6. The number of rotatable bonds is 6. The van der Waals surface area contributed by atoms with E-state index in [0.29, 0.717) is 6.42 Å². The van der Waals surface area contributed by atoms with Crippen LogP contribution in [0.4, 0.5) is 10.1 Å². The zero-order chi connectivity index (χ0) is 14.4. The van der Waals surface area contributed by atoms with Crippen LogP contribution < -0.4 is 11.1 Å². The number of nitrogens with one attached hydrogen (secondary N) is 1. The molecule has 1 aromatic carbocycles. The smallest absolute Gasteiger partial charge is 0.335 e. The molecule has 0 radical (unpaired) electrons. The summed E-state index contributed by atoms with van der Waals surface area (Å²) in [7, 11) is 0. The van der Waals surface area contributed by atoms with Gasteiger partial charge in [0.15, 0.2) is 0 Å². The first kappa shape index (κ1) is 15.1. The van der Waals surface area contributed by atoms with Gasteiger partial charge in [-0.1, -0.05) is 13.3 Å². The Morgan fingerprint density at radius 3 is 2.74 bits per heavy atom. The van der Waals surface area contributed by atoms with Gasteiger partial charge in [-0.05, 0) is 24.6 Å². The molecule has 0 saturated carbocycles. The molecule has 1 atom stereocenters. The molecule has 0 heterocycles. The van der Waals surface area contributed by atoms with E-state index in [2.05, 4.69) is 5.32 Å². The van der Waals surface area contributed by atoms with E-state index in [1.165, 1.54) is 0 Å². The molecule has 6 heteroatoms. The van der Waals surface area contributed by atoms with Crippen LogP contribution in [0.2, 0.25) is 0 Å². The number of carbonyl (C=O) groups excluding carboxylic acids is 1. The monoisotopic (exact) mass is 268 g/mol. The van der Waals surface area contributed by atoms with E-state index in [0.717, 1.165) is 24.6 Å². The summed E-state index contributed by atoms with van der Waals surface area (Å²) in [5.74, 6) is -2.29. The van der Waals surface area contributed by atoms with Gasteiger partial charge in [-0.15, -0.1) is 0 Å². The molecule has 1 rings (SSSR count).